The zero-order chi connectivity index (χ0) is 23.4. The van der Waals surface area contributed by atoms with Crippen molar-refractivity contribution < 1.29 is 19.4 Å². The smallest absolute Gasteiger partial charge is 0.404 e. The summed E-state index contributed by atoms with van der Waals surface area (Å²) in [6, 6.07) is 8.25. The van der Waals surface area contributed by atoms with Crippen LogP contribution < -0.4 is 10.1 Å². The summed E-state index contributed by atoms with van der Waals surface area (Å²) in [4.78, 5) is 33.1. The van der Waals surface area contributed by atoms with E-state index in [0.29, 0.717) is 5.02 Å². The second kappa shape index (κ2) is 9.94. The normalized spacial score (nSPS) is 10.6. The van der Waals surface area contributed by atoms with Gasteiger partial charge in [0.05, 0.1) is 39.5 Å². The van der Waals surface area contributed by atoms with Crippen molar-refractivity contribution in [1.82, 2.24) is 9.78 Å². The number of hydrogen-bond acceptors (Lipinski definition) is 7. The van der Waals surface area contributed by atoms with Gasteiger partial charge >= 0.3 is 5.82 Å². The van der Waals surface area contributed by atoms with Crippen LogP contribution in [0.15, 0.2) is 47.1 Å². The number of aromatic nitrogens is 2. The van der Waals surface area contributed by atoms with E-state index in [4.69, 9.17) is 27.9 Å². The topological polar surface area (TPSA) is 142 Å². The minimum absolute atomic E-state index is 0.0525. The Labute approximate surface area is 198 Å². The Hall–Kier alpha value is -3.22. The third-order valence-electron chi connectivity index (χ3n) is 3.95. The number of nitro benzene ring substituents is 1. The number of amides is 1. The molecule has 0 aliphatic rings. The molecule has 3 rings (SSSR count). The van der Waals surface area contributed by atoms with Crippen molar-refractivity contribution in [2.45, 2.75) is 13.0 Å². The van der Waals surface area contributed by atoms with Crippen LogP contribution in [-0.2, 0) is 11.3 Å². The highest BCUT2D eigenvalue weighted by atomic mass is 79.9. The number of carbonyl (C=O) groups excluding carboxylic acids is 1. The minimum atomic E-state index is -0.655. The lowest BCUT2D eigenvalue weighted by Gasteiger charge is -2.10. The van der Waals surface area contributed by atoms with E-state index in [-0.39, 0.29) is 51.2 Å². The first-order valence-electron chi connectivity index (χ1n) is 8.72. The number of nitro groups is 2. The van der Waals surface area contributed by atoms with Crippen molar-refractivity contribution in [3.05, 3.63) is 77.3 Å². The highest BCUT2D eigenvalue weighted by Gasteiger charge is 2.19. The van der Waals surface area contributed by atoms with Gasteiger partial charge in [0.25, 0.3) is 5.69 Å². The fourth-order valence-corrected chi connectivity index (χ4v) is 3.48. The molecule has 0 radical (unpaired) electrons. The van der Waals surface area contributed by atoms with Crippen LogP contribution in [0.3, 0.4) is 0 Å². The SMILES string of the molecule is O=C(CCn1cc(Br)c([N+](=O)[O-])n1)Nc1cc(Oc2ccc(Cl)cc2Cl)cc([N+](=O)[O-])c1. The van der Waals surface area contributed by atoms with Crippen molar-refractivity contribution in [1.29, 1.82) is 0 Å². The molecule has 0 saturated carbocycles. The summed E-state index contributed by atoms with van der Waals surface area (Å²) in [6.07, 6.45) is 1.29. The molecule has 32 heavy (non-hydrogen) atoms. The first-order valence-corrected chi connectivity index (χ1v) is 10.3. The average molecular weight is 545 g/mol. The molecular formula is C18H12BrCl2N5O6. The molecule has 0 atom stereocenters. The average Bonchev–Trinajstić information content (AvgIpc) is 3.09. The van der Waals surface area contributed by atoms with Crippen LogP contribution in [0.4, 0.5) is 17.2 Å². The second-order valence-electron chi connectivity index (χ2n) is 6.27. The van der Waals surface area contributed by atoms with E-state index < -0.39 is 15.8 Å². The molecule has 0 unspecified atom stereocenters. The zero-order valence-corrected chi connectivity index (χ0v) is 18.9. The predicted octanol–water partition coefficient (Wildman–Crippen LogP) is 5.59. The van der Waals surface area contributed by atoms with E-state index in [0.717, 1.165) is 0 Å². The number of halogens is 3. The summed E-state index contributed by atoms with van der Waals surface area (Å²) in [6.45, 7) is 0.0525. The molecule has 0 spiro atoms. The van der Waals surface area contributed by atoms with Gasteiger partial charge in [-0.2, -0.15) is 4.68 Å². The molecule has 1 amide bonds. The molecule has 0 aliphatic carbocycles. The van der Waals surface area contributed by atoms with Crippen LogP contribution in [0.2, 0.25) is 10.0 Å². The molecule has 166 valence electrons. The number of nitrogens with one attached hydrogen (secondary N) is 1. The number of non-ortho nitro benzene ring substituents is 1. The van der Waals surface area contributed by atoms with E-state index >= 15 is 0 Å². The van der Waals surface area contributed by atoms with Gasteiger partial charge in [-0.3, -0.25) is 14.9 Å². The van der Waals surface area contributed by atoms with Gasteiger partial charge in [0.15, 0.2) is 0 Å². The third-order valence-corrected chi connectivity index (χ3v) is 5.04. The second-order valence-corrected chi connectivity index (χ2v) is 7.97. The summed E-state index contributed by atoms with van der Waals surface area (Å²) >= 11 is 14.9. The minimum Gasteiger partial charge on any atom is -0.455 e. The molecule has 14 heteroatoms. The van der Waals surface area contributed by atoms with Gasteiger partial charge in [-0.25, -0.2) is 0 Å². The molecule has 0 saturated heterocycles. The monoisotopic (exact) mass is 543 g/mol. The molecule has 0 bridgehead atoms. The quantitative estimate of drug-likeness (QED) is 0.287. The van der Waals surface area contributed by atoms with Crippen molar-refractivity contribution in [3.63, 3.8) is 0 Å². The fraction of sp³-hybridized carbons (Fsp3) is 0.111. The number of aryl methyl sites for hydroxylation is 1. The molecule has 1 heterocycles. The number of nitrogens with zero attached hydrogens (tertiary/aromatic N) is 4. The highest BCUT2D eigenvalue weighted by molar-refractivity contribution is 9.10. The van der Waals surface area contributed by atoms with Gasteiger partial charge in [0.1, 0.15) is 16.0 Å². The molecule has 1 aromatic heterocycles. The van der Waals surface area contributed by atoms with E-state index in [9.17, 15) is 25.0 Å². The molecule has 11 nitrogen and oxygen atoms in total. The molecule has 0 fully saturated rings. The van der Waals surface area contributed by atoms with E-state index in [1.807, 2.05) is 0 Å². The highest BCUT2D eigenvalue weighted by Crippen LogP contribution is 2.34. The maximum Gasteiger partial charge on any atom is 0.404 e. The number of carbonyl (C=O) groups is 1. The molecule has 0 aliphatic heterocycles. The lowest BCUT2D eigenvalue weighted by atomic mass is 10.2. The summed E-state index contributed by atoms with van der Waals surface area (Å²) < 4.78 is 7.04. The van der Waals surface area contributed by atoms with Gasteiger partial charge in [-0.05, 0) is 39.1 Å². The molecule has 2 aromatic carbocycles. The molecule has 3 aromatic rings. The largest absolute Gasteiger partial charge is 0.455 e. The fourth-order valence-electron chi connectivity index (χ4n) is 2.57. The maximum absolute atomic E-state index is 12.3. The van der Waals surface area contributed by atoms with Crippen LogP contribution in [0.1, 0.15) is 6.42 Å². The third kappa shape index (κ3) is 5.93. The standard InChI is InChI=1S/C18H12BrCl2N5O6/c19-14-9-24(23-18(14)26(30)31)4-3-17(27)22-11-6-12(25(28)29)8-13(7-11)32-16-2-1-10(20)5-15(16)21/h1-2,5-9H,3-4H2,(H,22,27). The van der Waals surface area contributed by atoms with Crippen LogP contribution in [0, 0.1) is 20.2 Å². The Morgan fingerprint density at radius 3 is 2.53 bits per heavy atom. The number of anilines is 1. The Balaban J connectivity index is 1.73. The zero-order valence-electron chi connectivity index (χ0n) is 15.8. The number of benzene rings is 2. The van der Waals surface area contributed by atoms with Crippen molar-refractivity contribution >= 4 is 62.2 Å². The number of hydrogen-bond donors (Lipinski definition) is 1. The molecular weight excluding hydrogens is 533 g/mol. The van der Waals surface area contributed by atoms with Crippen LogP contribution >= 0.6 is 39.1 Å². The maximum atomic E-state index is 12.3. The Kier molecular flexibility index (Phi) is 7.28. The summed E-state index contributed by atoms with van der Waals surface area (Å²) in [5.41, 5.74) is -0.188. The van der Waals surface area contributed by atoms with Crippen molar-refractivity contribution in [2.75, 3.05) is 5.32 Å². The van der Waals surface area contributed by atoms with Gasteiger partial charge in [-0.15, -0.1) is 0 Å². The van der Waals surface area contributed by atoms with E-state index in [1.54, 1.807) is 6.07 Å². The van der Waals surface area contributed by atoms with Gasteiger partial charge in [0.2, 0.25) is 5.91 Å². The van der Waals surface area contributed by atoms with Crippen molar-refractivity contribution in [2.24, 2.45) is 0 Å². The Morgan fingerprint density at radius 1 is 1.16 bits per heavy atom. The lowest BCUT2D eigenvalue weighted by molar-refractivity contribution is -0.390. The predicted molar refractivity (Wildman–Crippen MR) is 119 cm³/mol. The van der Waals surface area contributed by atoms with Crippen LogP contribution in [0.25, 0.3) is 0 Å². The Bertz CT molecular complexity index is 1220. The summed E-state index contributed by atoms with van der Waals surface area (Å²) in [5, 5.41) is 29.0. The first kappa shape index (κ1) is 23.4. The van der Waals surface area contributed by atoms with Gasteiger partial charge < -0.3 is 20.2 Å². The first-order chi connectivity index (χ1) is 15.1. The van der Waals surface area contributed by atoms with E-state index in [1.165, 1.54) is 41.2 Å². The lowest BCUT2D eigenvalue weighted by Crippen LogP contribution is -2.15. The van der Waals surface area contributed by atoms with Crippen LogP contribution in [0.5, 0.6) is 11.5 Å². The Morgan fingerprint density at radius 2 is 1.91 bits per heavy atom. The van der Waals surface area contributed by atoms with E-state index in [2.05, 4.69) is 26.3 Å². The summed E-state index contributed by atoms with van der Waals surface area (Å²) in [5.74, 6) is -0.563. The number of rotatable bonds is 8. The molecule has 1 N–H and O–H groups in total. The van der Waals surface area contributed by atoms with Gasteiger partial charge in [0, 0.05) is 23.6 Å². The number of ether oxygens (including phenoxy) is 1. The van der Waals surface area contributed by atoms with Gasteiger partial charge in [-0.1, -0.05) is 23.2 Å². The van der Waals surface area contributed by atoms with Crippen molar-refractivity contribution in [3.8, 4) is 11.5 Å². The summed E-state index contributed by atoms with van der Waals surface area (Å²) in [7, 11) is 0. The van der Waals surface area contributed by atoms with Crippen LogP contribution in [-0.4, -0.2) is 25.5 Å².